The summed E-state index contributed by atoms with van der Waals surface area (Å²) in [6, 6.07) is 7.21. The summed E-state index contributed by atoms with van der Waals surface area (Å²) in [7, 11) is -0.592. The second kappa shape index (κ2) is 7.57. The van der Waals surface area contributed by atoms with Crippen LogP contribution in [0, 0.1) is 5.82 Å². The van der Waals surface area contributed by atoms with Crippen LogP contribution >= 0.6 is 0 Å². The van der Waals surface area contributed by atoms with E-state index in [1.165, 1.54) is 6.07 Å². The minimum Gasteiger partial charge on any atom is -0.465 e. The van der Waals surface area contributed by atoms with E-state index in [-0.39, 0.29) is 12.1 Å². The Balaban J connectivity index is 1.82. The Hall–Kier alpha value is -1.63. The zero-order chi connectivity index (χ0) is 20.8. The maximum Gasteiger partial charge on any atom is 0.495 e. The lowest BCUT2D eigenvalue weighted by molar-refractivity contribution is -0.105. The molecule has 1 unspecified atom stereocenters. The second-order valence-corrected chi connectivity index (χ2v) is 8.99. The van der Waals surface area contributed by atoms with E-state index >= 15 is 0 Å². The Morgan fingerprint density at radius 1 is 1.10 bits per heavy atom. The predicted octanol–water partition coefficient (Wildman–Crippen LogP) is 4.75. The Morgan fingerprint density at radius 3 is 2.45 bits per heavy atom. The fourth-order valence-electron chi connectivity index (χ4n) is 4.05. The summed E-state index contributed by atoms with van der Waals surface area (Å²) in [4.78, 5) is 0. The molecule has 0 bridgehead atoms. The number of ether oxygens (including phenoxy) is 2. The maximum atomic E-state index is 14.6. The molecule has 0 N–H and O–H groups in total. The van der Waals surface area contributed by atoms with Gasteiger partial charge in [-0.25, -0.2) is 4.39 Å². The smallest absolute Gasteiger partial charge is 0.465 e. The predicted molar refractivity (Wildman–Crippen MR) is 113 cm³/mol. The van der Waals surface area contributed by atoms with Crippen molar-refractivity contribution in [2.75, 3.05) is 6.61 Å². The van der Waals surface area contributed by atoms with E-state index in [2.05, 4.69) is 0 Å². The Kier molecular flexibility index (Phi) is 5.39. The first-order valence-electron chi connectivity index (χ1n) is 10.6. The van der Waals surface area contributed by atoms with Crippen molar-refractivity contribution in [2.24, 2.45) is 0 Å². The van der Waals surface area contributed by atoms with Gasteiger partial charge in [-0.1, -0.05) is 13.0 Å². The Labute approximate surface area is 172 Å². The molecule has 0 amide bonds. The van der Waals surface area contributed by atoms with Crippen LogP contribution in [0.15, 0.2) is 24.3 Å². The van der Waals surface area contributed by atoms with Crippen LogP contribution in [0.4, 0.5) is 4.39 Å². The van der Waals surface area contributed by atoms with Gasteiger partial charge in [-0.05, 0) is 87.0 Å². The molecule has 2 aromatic carbocycles. The molecule has 2 saturated heterocycles. The van der Waals surface area contributed by atoms with Gasteiger partial charge < -0.3 is 18.8 Å². The molecule has 1 atom stereocenters. The van der Waals surface area contributed by atoms with Crippen molar-refractivity contribution in [1.82, 2.24) is 0 Å². The van der Waals surface area contributed by atoms with E-state index < -0.39 is 18.3 Å². The Bertz CT molecular complexity index is 889. The third-order valence-corrected chi connectivity index (χ3v) is 6.44. The molecular weight excluding hydrogens is 370 g/mol. The Morgan fingerprint density at radius 2 is 1.83 bits per heavy atom. The molecule has 4 nitrogen and oxygen atoms in total. The van der Waals surface area contributed by atoms with Crippen molar-refractivity contribution in [1.29, 1.82) is 0 Å². The van der Waals surface area contributed by atoms with Crippen LogP contribution in [0.1, 0.15) is 59.4 Å². The van der Waals surface area contributed by atoms with Crippen LogP contribution < -0.4 is 10.2 Å². The molecule has 2 heterocycles. The zero-order valence-electron chi connectivity index (χ0n) is 18.0. The van der Waals surface area contributed by atoms with E-state index in [4.69, 9.17) is 18.8 Å². The standard InChI is InChI=1S/C23H30BFO4/c1-6-17-19(25)11-10-15-13-16(27-20-9-7-8-12-26-20)14-18(21(15)17)24-28-22(2,3)23(4,5)29-24/h10-11,13-14,20H,6-9,12H2,1-5H3. The number of benzene rings is 2. The number of fused-ring (bicyclic) bond motifs is 1. The fourth-order valence-corrected chi connectivity index (χ4v) is 4.05. The monoisotopic (exact) mass is 400 g/mol. The fraction of sp³-hybridized carbons (Fsp3) is 0.565. The molecule has 0 aromatic heterocycles. The molecule has 2 fully saturated rings. The summed E-state index contributed by atoms with van der Waals surface area (Å²) >= 11 is 0. The molecule has 0 spiro atoms. The topological polar surface area (TPSA) is 36.9 Å². The first-order valence-corrected chi connectivity index (χ1v) is 10.6. The van der Waals surface area contributed by atoms with Gasteiger partial charge in [0.05, 0.1) is 17.8 Å². The average Bonchev–Trinajstić information content (AvgIpc) is 2.89. The molecule has 2 aromatic rings. The molecule has 156 valence electrons. The normalized spacial score (nSPS) is 23.5. The highest BCUT2D eigenvalue weighted by atomic mass is 19.1. The molecule has 4 rings (SSSR count). The summed E-state index contributed by atoms with van der Waals surface area (Å²) in [5, 5.41) is 1.77. The first-order chi connectivity index (χ1) is 13.7. The highest BCUT2D eigenvalue weighted by Crippen LogP contribution is 2.38. The van der Waals surface area contributed by atoms with Gasteiger partial charge in [0, 0.05) is 6.42 Å². The molecule has 29 heavy (non-hydrogen) atoms. The third kappa shape index (κ3) is 3.78. The van der Waals surface area contributed by atoms with Gasteiger partial charge in [0.1, 0.15) is 11.6 Å². The van der Waals surface area contributed by atoms with E-state index in [0.717, 1.165) is 35.5 Å². The lowest BCUT2D eigenvalue weighted by atomic mass is 9.74. The van der Waals surface area contributed by atoms with Gasteiger partial charge in [0.2, 0.25) is 0 Å². The molecule has 2 aliphatic rings. The van der Waals surface area contributed by atoms with Crippen molar-refractivity contribution in [3.63, 3.8) is 0 Å². The van der Waals surface area contributed by atoms with Crippen LogP contribution in [0.3, 0.4) is 0 Å². The molecule has 0 aliphatic carbocycles. The quantitative estimate of drug-likeness (QED) is 0.695. The highest BCUT2D eigenvalue weighted by molar-refractivity contribution is 6.65. The van der Waals surface area contributed by atoms with Crippen LogP contribution in [0.5, 0.6) is 5.75 Å². The molecule has 2 aliphatic heterocycles. The van der Waals surface area contributed by atoms with Gasteiger partial charge in [-0.2, -0.15) is 0 Å². The van der Waals surface area contributed by atoms with E-state index in [0.29, 0.717) is 24.3 Å². The van der Waals surface area contributed by atoms with Crippen molar-refractivity contribution in [2.45, 2.75) is 77.8 Å². The first kappa shape index (κ1) is 20.6. The summed E-state index contributed by atoms with van der Waals surface area (Å²) < 4.78 is 39.1. The number of hydrogen-bond donors (Lipinski definition) is 0. The SMILES string of the molecule is CCc1c(F)ccc2cc(OC3CCCCO3)cc(B3OC(C)(C)C(C)(C)O3)c12. The van der Waals surface area contributed by atoms with Gasteiger partial charge in [-0.15, -0.1) is 0 Å². The minimum atomic E-state index is -0.592. The van der Waals surface area contributed by atoms with Crippen LogP contribution in [0.2, 0.25) is 0 Å². The molecule has 0 saturated carbocycles. The van der Waals surface area contributed by atoms with E-state index in [1.54, 1.807) is 6.07 Å². The summed E-state index contributed by atoms with van der Waals surface area (Å²) in [6.45, 7) is 10.8. The van der Waals surface area contributed by atoms with Crippen molar-refractivity contribution in [3.8, 4) is 5.75 Å². The van der Waals surface area contributed by atoms with E-state index in [1.807, 2.05) is 46.8 Å². The third-order valence-electron chi connectivity index (χ3n) is 6.44. The highest BCUT2D eigenvalue weighted by Gasteiger charge is 2.52. The van der Waals surface area contributed by atoms with Crippen molar-refractivity contribution >= 4 is 23.4 Å². The number of rotatable bonds is 4. The average molecular weight is 400 g/mol. The summed E-state index contributed by atoms with van der Waals surface area (Å²) in [6.07, 6.45) is 3.36. The second-order valence-electron chi connectivity index (χ2n) is 8.99. The molecule has 6 heteroatoms. The minimum absolute atomic E-state index is 0.206. The van der Waals surface area contributed by atoms with Crippen LogP contribution in [0.25, 0.3) is 10.8 Å². The largest absolute Gasteiger partial charge is 0.495 e. The number of hydrogen-bond acceptors (Lipinski definition) is 4. The van der Waals surface area contributed by atoms with Gasteiger partial charge in [-0.3, -0.25) is 0 Å². The van der Waals surface area contributed by atoms with E-state index in [9.17, 15) is 4.39 Å². The van der Waals surface area contributed by atoms with Gasteiger partial charge in [0.25, 0.3) is 0 Å². The number of halogens is 1. The van der Waals surface area contributed by atoms with Crippen LogP contribution in [-0.4, -0.2) is 31.2 Å². The summed E-state index contributed by atoms with van der Waals surface area (Å²) in [5.41, 5.74) is 0.524. The summed E-state index contributed by atoms with van der Waals surface area (Å²) in [5.74, 6) is 0.491. The molecular formula is C23H30BFO4. The van der Waals surface area contributed by atoms with Crippen LogP contribution in [-0.2, 0) is 20.5 Å². The van der Waals surface area contributed by atoms with Gasteiger partial charge >= 0.3 is 7.12 Å². The molecule has 0 radical (unpaired) electrons. The lowest BCUT2D eigenvalue weighted by Gasteiger charge is -2.32. The van der Waals surface area contributed by atoms with Crippen molar-refractivity contribution < 1.29 is 23.2 Å². The van der Waals surface area contributed by atoms with Gasteiger partial charge in [0.15, 0.2) is 6.29 Å². The number of aryl methyl sites for hydroxylation is 1. The zero-order valence-corrected chi connectivity index (χ0v) is 18.0. The van der Waals surface area contributed by atoms with Crippen molar-refractivity contribution in [3.05, 3.63) is 35.6 Å². The maximum absolute atomic E-state index is 14.6. The lowest BCUT2D eigenvalue weighted by Crippen LogP contribution is -2.41.